The SMILES string of the molecule is CCCC1C(=O)C(c2cccc(C(F)(F)F)c2)=C(C)C1N. The summed E-state index contributed by atoms with van der Waals surface area (Å²) in [6.07, 6.45) is -2.95. The zero-order chi connectivity index (χ0) is 15.8. The van der Waals surface area contributed by atoms with Crippen LogP contribution in [0, 0.1) is 5.92 Å². The van der Waals surface area contributed by atoms with Crippen LogP contribution in [0.15, 0.2) is 29.8 Å². The number of Topliss-reactive ketones (excluding diaryl/α,β-unsaturated/α-hetero) is 1. The molecule has 0 heterocycles. The number of halogens is 3. The number of ketones is 1. The van der Waals surface area contributed by atoms with Gasteiger partial charge in [0.05, 0.1) is 5.56 Å². The number of carbonyl (C=O) groups is 1. The van der Waals surface area contributed by atoms with Crippen LogP contribution in [0.1, 0.15) is 37.8 Å². The van der Waals surface area contributed by atoms with Crippen LogP contribution in [-0.4, -0.2) is 11.8 Å². The largest absolute Gasteiger partial charge is 0.416 e. The Morgan fingerprint density at radius 3 is 2.52 bits per heavy atom. The third-order valence-corrected chi connectivity index (χ3v) is 3.99. The molecule has 0 aromatic heterocycles. The van der Waals surface area contributed by atoms with Crippen molar-refractivity contribution in [2.45, 2.75) is 38.9 Å². The third-order valence-electron chi connectivity index (χ3n) is 3.99. The number of allylic oxidation sites excluding steroid dienone is 1. The van der Waals surface area contributed by atoms with Crippen molar-refractivity contribution in [1.29, 1.82) is 0 Å². The molecule has 1 aliphatic rings. The van der Waals surface area contributed by atoms with Gasteiger partial charge in [-0.15, -0.1) is 0 Å². The minimum atomic E-state index is -4.42. The Morgan fingerprint density at radius 1 is 1.29 bits per heavy atom. The molecule has 0 bridgehead atoms. The lowest BCUT2D eigenvalue weighted by Gasteiger charge is -2.14. The van der Waals surface area contributed by atoms with Gasteiger partial charge in [0, 0.05) is 17.5 Å². The van der Waals surface area contributed by atoms with E-state index in [1.165, 1.54) is 12.1 Å². The first-order valence-corrected chi connectivity index (χ1v) is 6.95. The van der Waals surface area contributed by atoms with Gasteiger partial charge in [0.2, 0.25) is 0 Å². The maximum absolute atomic E-state index is 12.8. The summed E-state index contributed by atoms with van der Waals surface area (Å²) in [7, 11) is 0. The average molecular weight is 297 g/mol. The number of alkyl halides is 3. The standard InChI is InChI=1S/C16H18F3NO/c1-3-5-12-14(20)9(2)13(15(12)21)10-6-4-7-11(8-10)16(17,18)19/h4,6-8,12,14H,3,5,20H2,1-2H3. The number of nitrogens with two attached hydrogens (primary N) is 1. The van der Waals surface area contributed by atoms with Crippen LogP contribution in [-0.2, 0) is 11.0 Å². The molecule has 0 amide bonds. The van der Waals surface area contributed by atoms with Crippen molar-refractivity contribution in [2.75, 3.05) is 0 Å². The summed E-state index contributed by atoms with van der Waals surface area (Å²) in [5.74, 6) is -0.458. The molecule has 0 fully saturated rings. The molecule has 1 aromatic rings. The van der Waals surface area contributed by atoms with Gasteiger partial charge in [-0.2, -0.15) is 13.2 Å². The van der Waals surface area contributed by atoms with Crippen LogP contribution in [0.4, 0.5) is 13.2 Å². The van der Waals surface area contributed by atoms with Gasteiger partial charge in [-0.3, -0.25) is 4.79 Å². The summed E-state index contributed by atoms with van der Waals surface area (Å²) >= 11 is 0. The van der Waals surface area contributed by atoms with Gasteiger partial charge in [-0.05, 0) is 36.6 Å². The first-order valence-electron chi connectivity index (χ1n) is 6.95. The Bertz CT molecular complexity index is 589. The van der Waals surface area contributed by atoms with Crippen molar-refractivity contribution < 1.29 is 18.0 Å². The van der Waals surface area contributed by atoms with Crippen LogP contribution in [0.5, 0.6) is 0 Å². The van der Waals surface area contributed by atoms with E-state index in [1.807, 2.05) is 6.92 Å². The van der Waals surface area contributed by atoms with Gasteiger partial charge in [0.15, 0.2) is 5.78 Å². The van der Waals surface area contributed by atoms with Crippen LogP contribution < -0.4 is 5.73 Å². The average Bonchev–Trinajstić information content (AvgIpc) is 2.62. The molecule has 2 unspecified atom stereocenters. The molecule has 1 aliphatic carbocycles. The van der Waals surface area contributed by atoms with E-state index in [-0.39, 0.29) is 11.7 Å². The molecule has 0 saturated heterocycles. The van der Waals surface area contributed by atoms with Crippen LogP contribution >= 0.6 is 0 Å². The minimum absolute atomic E-state index is 0.138. The fourth-order valence-electron chi connectivity index (χ4n) is 2.85. The van der Waals surface area contributed by atoms with E-state index in [2.05, 4.69) is 0 Å². The molecule has 5 heteroatoms. The highest BCUT2D eigenvalue weighted by Crippen LogP contribution is 2.38. The molecule has 2 nitrogen and oxygen atoms in total. The molecule has 0 aliphatic heterocycles. The maximum Gasteiger partial charge on any atom is 0.416 e. The predicted molar refractivity (Wildman–Crippen MR) is 75.4 cm³/mol. The van der Waals surface area contributed by atoms with Crippen molar-refractivity contribution in [3.8, 4) is 0 Å². The smallest absolute Gasteiger partial charge is 0.324 e. The maximum atomic E-state index is 12.8. The zero-order valence-electron chi connectivity index (χ0n) is 12.0. The number of rotatable bonds is 3. The number of hydrogen-bond acceptors (Lipinski definition) is 2. The molecule has 114 valence electrons. The Hall–Kier alpha value is -1.62. The monoisotopic (exact) mass is 297 g/mol. The van der Waals surface area contributed by atoms with Gasteiger partial charge >= 0.3 is 6.18 Å². The van der Waals surface area contributed by atoms with Gasteiger partial charge in [0.25, 0.3) is 0 Å². The van der Waals surface area contributed by atoms with E-state index >= 15 is 0 Å². The lowest BCUT2D eigenvalue weighted by Crippen LogP contribution is -2.30. The summed E-state index contributed by atoms with van der Waals surface area (Å²) in [5, 5.41) is 0. The first kappa shape index (κ1) is 15.8. The highest BCUT2D eigenvalue weighted by atomic mass is 19.4. The van der Waals surface area contributed by atoms with Crippen molar-refractivity contribution in [2.24, 2.45) is 11.7 Å². The van der Waals surface area contributed by atoms with Crippen molar-refractivity contribution in [3.05, 3.63) is 41.0 Å². The molecule has 21 heavy (non-hydrogen) atoms. The number of carbonyl (C=O) groups excluding carboxylic acids is 1. The van der Waals surface area contributed by atoms with Gasteiger partial charge in [-0.25, -0.2) is 0 Å². The lowest BCUT2D eigenvalue weighted by atomic mass is 9.93. The Balaban J connectivity index is 2.44. The van der Waals surface area contributed by atoms with E-state index in [9.17, 15) is 18.0 Å². The molecule has 0 radical (unpaired) electrons. The lowest BCUT2D eigenvalue weighted by molar-refractivity contribution is -0.137. The highest BCUT2D eigenvalue weighted by Gasteiger charge is 2.38. The molecular formula is C16H18F3NO. The Morgan fingerprint density at radius 2 is 1.95 bits per heavy atom. The first-order chi connectivity index (χ1) is 9.77. The number of hydrogen-bond donors (Lipinski definition) is 1. The summed E-state index contributed by atoms with van der Waals surface area (Å²) in [5.41, 5.74) is 6.64. The zero-order valence-corrected chi connectivity index (χ0v) is 12.0. The highest BCUT2D eigenvalue weighted by molar-refractivity contribution is 6.25. The van der Waals surface area contributed by atoms with Gasteiger partial charge in [0.1, 0.15) is 0 Å². The summed E-state index contributed by atoms with van der Waals surface area (Å²) < 4.78 is 38.4. The van der Waals surface area contributed by atoms with E-state index in [1.54, 1.807) is 6.92 Å². The Labute approximate surface area is 121 Å². The molecule has 0 saturated carbocycles. The van der Waals surface area contributed by atoms with E-state index in [0.29, 0.717) is 23.1 Å². The van der Waals surface area contributed by atoms with Crippen molar-refractivity contribution in [3.63, 3.8) is 0 Å². The van der Waals surface area contributed by atoms with Crippen LogP contribution in [0.25, 0.3) is 5.57 Å². The molecule has 2 atom stereocenters. The van der Waals surface area contributed by atoms with Crippen molar-refractivity contribution in [1.82, 2.24) is 0 Å². The molecule has 1 aromatic carbocycles. The summed E-state index contributed by atoms with van der Waals surface area (Å²) in [6.45, 7) is 3.69. The van der Waals surface area contributed by atoms with E-state index < -0.39 is 17.8 Å². The second-order valence-corrected chi connectivity index (χ2v) is 5.42. The molecule has 2 N–H and O–H groups in total. The molecule has 0 spiro atoms. The van der Waals surface area contributed by atoms with E-state index in [0.717, 1.165) is 18.6 Å². The predicted octanol–water partition coefficient (Wildman–Crippen LogP) is 3.81. The van der Waals surface area contributed by atoms with Crippen LogP contribution in [0.3, 0.4) is 0 Å². The van der Waals surface area contributed by atoms with E-state index in [4.69, 9.17) is 5.73 Å². The second kappa shape index (κ2) is 5.64. The normalized spacial score (nSPS) is 23.0. The molecular weight excluding hydrogens is 279 g/mol. The summed E-state index contributed by atoms with van der Waals surface area (Å²) in [6, 6.07) is 4.49. The fourth-order valence-corrected chi connectivity index (χ4v) is 2.85. The number of benzene rings is 1. The van der Waals surface area contributed by atoms with Gasteiger partial charge in [-0.1, -0.05) is 25.5 Å². The topological polar surface area (TPSA) is 43.1 Å². The Kier molecular flexibility index (Phi) is 4.23. The van der Waals surface area contributed by atoms with Crippen LogP contribution in [0.2, 0.25) is 0 Å². The fraction of sp³-hybridized carbons (Fsp3) is 0.438. The molecule has 2 rings (SSSR count). The summed E-state index contributed by atoms with van der Waals surface area (Å²) in [4.78, 5) is 12.5. The quantitative estimate of drug-likeness (QED) is 0.922. The third kappa shape index (κ3) is 2.88. The van der Waals surface area contributed by atoms with Crippen molar-refractivity contribution >= 4 is 11.4 Å². The van der Waals surface area contributed by atoms with Gasteiger partial charge < -0.3 is 5.73 Å². The minimum Gasteiger partial charge on any atom is -0.324 e. The second-order valence-electron chi connectivity index (χ2n) is 5.42.